The largest absolute Gasteiger partial charge is 0.497 e. The number of piperidine rings is 1. The third-order valence-corrected chi connectivity index (χ3v) is 13.5. The molecule has 49 heavy (non-hydrogen) atoms. The smallest absolute Gasteiger partial charge is 0.303 e. The van der Waals surface area contributed by atoms with Crippen molar-refractivity contribution in [3.63, 3.8) is 0 Å². The number of hydrogen-bond acceptors (Lipinski definition) is 6. The van der Waals surface area contributed by atoms with Gasteiger partial charge in [-0.2, -0.15) is 12.7 Å². The lowest BCUT2D eigenvalue weighted by atomic mass is 9.80. The number of benzene rings is 2. The topological polar surface area (TPSA) is 121 Å². The third kappa shape index (κ3) is 4.92. The van der Waals surface area contributed by atoms with Crippen LogP contribution in [0, 0.1) is 5.92 Å². The summed E-state index contributed by atoms with van der Waals surface area (Å²) in [5.74, 6) is 0.597. The number of fused-ring (bicyclic) bond motifs is 9. The molecule has 3 aliphatic heterocycles. The average Bonchev–Trinajstić information content (AvgIpc) is 3.55. The van der Waals surface area contributed by atoms with Crippen molar-refractivity contribution in [3.8, 4) is 17.0 Å². The van der Waals surface area contributed by atoms with Crippen LogP contribution in [0.3, 0.4) is 0 Å². The van der Waals surface area contributed by atoms with E-state index in [-0.39, 0.29) is 41.2 Å². The van der Waals surface area contributed by atoms with Gasteiger partial charge in [0.15, 0.2) is 0 Å². The van der Waals surface area contributed by atoms with Crippen LogP contribution in [-0.2, 0) is 25.3 Å². The number of carbonyl (C=O) groups excluding carboxylic acids is 3. The van der Waals surface area contributed by atoms with Gasteiger partial charge in [0.1, 0.15) is 11.3 Å². The number of rotatable bonds is 6. The van der Waals surface area contributed by atoms with Crippen LogP contribution in [0.2, 0.25) is 0 Å². The molecule has 4 unspecified atom stereocenters. The third-order valence-electron chi connectivity index (χ3n) is 12.0. The molecule has 3 aromatic rings. The van der Waals surface area contributed by atoms with E-state index in [2.05, 4.69) is 21.4 Å². The summed E-state index contributed by atoms with van der Waals surface area (Å²) in [6.45, 7) is 3.48. The van der Waals surface area contributed by atoms with Crippen molar-refractivity contribution in [3.05, 3.63) is 53.1 Å². The molecule has 2 aromatic carbocycles. The van der Waals surface area contributed by atoms with Gasteiger partial charge >= 0.3 is 10.2 Å². The maximum absolute atomic E-state index is 15.2. The van der Waals surface area contributed by atoms with Gasteiger partial charge in [0.25, 0.3) is 5.91 Å². The van der Waals surface area contributed by atoms with Crippen LogP contribution in [0.1, 0.15) is 91.6 Å². The molecule has 4 atom stereocenters. The first-order valence-electron chi connectivity index (χ1n) is 17.6. The number of likely N-dealkylation sites (tertiary alicyclic amines) is 2. The molecule has 11 nitrogen and oxygen atoms in total. The van der Waals surface area contributed by atoms with E-state index < -0.39 is 21.7 Å². The number of nitrogens with zero attached hydrogens (tertiary/aromatic N) is 4. The van der Waals surface area contributed by atoms with Gasteiger partial charge in [0, 0.05) is 63.1 Å². The first-order chi connectivity index (χ1) is 23.5. The average molecular weight is 688 g/mol. The van der Waals surface area contributed by atoms with Gasteiger partial charge in [0.05, 0.1) is 24.4 Å². The fraction of sp³-hybridized carbons (Fsp3) is 0.541. The molecule has 2 aliphatic carbocycles. The van der Waals surface area contributed by atoms with E-state index in [1.165, 1.54) is 26.1 Å². The number of ether oxygens (including phenoxy) is 1. The van der Waals surface area contributed by atoms with E-state index >= 15 is 4.79 Å². The van der Waals surface area contributed by atoms with Crippen LogP contribution in [0.25, 0.3) is 22.2 Å². The Kier molecular flexibility index (Phi) is 7.64. The number of hydrogen-bond donors (Lipinski definition) is 1. The molecule has 0 bridgehead atoms. The van der Waals surface area contributed by atoms with Crippen LogP contribution >= 0.6 is 0 Å². The maximum Gasteiger partial charge on any atom is 0.303 e. The SMILES string of the molecule is COc1ccc2c(c1)C1CC1(C(=O)N1CC3CCCN(C(C)=O)C3C1)n1c-2c(C2CCCCC2)c2ccc(C(=O)NS(=O)(=O)N(C)C)cc21. The molecule has 260 valence electrons. The summed E-state index contributed by atoms with van der Waals surface area (Å²) in [5.41, 5.74) is 4.54. The fourth-order valence-electron chi connectivity index (χ4n) is 9.59. The summed E-state index contributed by atoms with van der Waals surface area (Å²) < 4.78 is 36.3. The maximum atomic E-state index is 15.2. The number of carbonyl (C=O) groups is 3. The van der Waals surface area contributed by atoms with E-state index in [1.54, 1.807) is 26.2 Å². The number of aromatic nitrogens is 1. The minimum atomic E-state index is -4.01. The highest BCUT2D eigenvalue weighted by atomic mass is 32.2. The Labute approximate surface area is 287 Å². The molecule has 12 heteroatoms. The van der Waals surface area contributed by atoms with E-state index in [0.29, 0.717) is 19.5 Å². The predicted molar refractivity (Wildman–Crippen MR) is 186 cm³/mol. The molecule has 8 rings (SSSR count). The van der Waals surface area contributed by atoms with Crippen LogP contribution in [-0.4, -0.2) is 91.7 Å². The van der Waals surface area contributed by atoms with Gasteiger partial charge < -0.3 is 19.1 Å². The van der Waals surface area contributed by atoms with Crippen molar-refractivity contribution < 1.29 is 27.5 Å². The minimum Gasteiger partial charge on any atom is -0.497 e. The lowest BCUT2D eigenvalue weighted by Crippen LogP contribution is -2.48. The monoisotopic (exact) mass is 687 g/mol. The molecule has 3 amide bonds. The van der Waals surface area contributed by atoms with Gasteiger partial charge in [-0.3, -0.25) is 14.4 Å². The van der Waals surface area contributed by atoms with Crippen molar-refractivity contribution in [2.45, 2.75) is 81.7 Å². The zero-order valence-electron chi connectivity index (χ0n) is 28.7. The summed E-state index contributed by atoms with van der Waals surface area (Å²) in [7, 11) is 0.400. The highest BCUT2D eigenvalue weighted by Gasteiger charge is 2.68. The molecule has 2 saturated heterocycles. The van der Waals surface area contributed by atoms with Gasteiger partial charge in [-0.1, -0.05) is 25.3 Å². The van der Waals surface area contributed by atoms with Crippen molar-refractivity contribution in [1.82, 2.24) is 23.4 Å². The van der Waals surface area contributed by atoms with Crippen molar-refractivity contribution >= 4 is 38.8 Å². The Hall–Kier alpha value is -3.90. The Morgan fingerprint density at radius 2 is 1.76 bits per heavy atom. The molecular weight excluding hydrogens is 643 g/mol. The second kappa shape index (κ2) is 11.6. The lowest BCUT2D eigenvalue weighted by molar-refractivity contribution is -0.137. The Morgan fingerprint density at radius 1 is 0.980 bits per heavy atom. The van der Waals surface area contributed by atoms with Crippen LogP contribution < -0.4 is 9.46 Å². The molecule has 1 N–H and O–H groups in total. The Morgan fingerprint density at radius 3 is 2.47 bits per heavy atom. The van der Waals surface area contributed by atoms with Crippen LogP contribution in [0.4, 0.5) is 0 Å². The summed E-state index contributed by atoms with van der Waals surface area (Å²) >= 11 is 0. The normalized spacial score (nSPS) is 26.2. The molecule has 1 aromatic heterocycles. The highest BCUT2D eigenvalue weighted by Crippen LogP contribution is 2.67. The molecule has 2 saturated carbocycles. The molecule has 4 heterocycles. The highest BCUT2D eigenvalue weighted by molar-refractivity contribution is 7.87. The van der Waals surface area contributed by atoms with Crippen LogP contribution in [0.15, 0.2) is 36.4 Å². The van der Waals surface area contributed by atoms with Gasteiger partial charge in [0.2, 0.25) is 11.8 Å². The van der Waals surface area contributed by atoms with Crippen molar-refractivity contribution in [2.75, 3.05) is 40.8 Å². The molecule has 0 spiro atoms. The minimum absolute atomic E-state index is 0.0207. The van der Waals surface area contributed by atoms with E-state index in [0.717, 1.165) is 82.8 Å². The summed E-state index contributed by atoms with van der Waals surface area (Å²) in [6, 6.07) is 11.7. The van der Waals surface area contributed by atoms with E-state index in [9.17, 15) is 18.0 Å². The van der Waals surface area contributed by atoms with Crippen LogP contribution in [0.5, 0.6) is 5.75 Å². The zero-order valence-corrected chi connectivity index (χ0v) is 29.5. The number of nitrogens with one attached hydrogen (secondary N) is 1. The van der Waals surface area contributed by atoms with Gasteiger partial charge in [-0.05, 0) is 85.4 Å². The summed E-state index contributed by atoms with van der Waals surface area (Å²) in [5, 5.41) is 1.01. The summed E-state index contributed by atoms with van der Waals surface area (Å²) in [4.78, 5) is 45.2. The van der Waals surface area contributed by atoms with Crippen molar-refractivity contribution in [1.29, 1.82) is 0 Å². The van der Waals surface area contributed by atoms with E-state index in [4.69, 9.17) is 4.74 Å². The predicted octanol–water partition coefficient (Wildman–Crippen LogP) is 4.57. The van der Waals surface area contributed by atoms with E-state index in [1.807, 2.05) is 21.9 Å². The number of amides is 3. The quantitative estimate of drug-likeness (QED) is 0.406. The van der Waals surface area contributed by atoms with Gasteiger partial charge in [-0.15, -0.1) is 0 Å². The first kappa shape index (κ1) is 32.3. The van der Waals surface area contributed by atoms with Crippen molar-refractivity contribution in [2.24, 2.45) is 5.92 Å². The zero-order chi connectivity index (χ0) is 34.4. The molecular formula is C37H45N5O6S. The first-order valence-corrected chi connectivity index (χ1v) is 19.1. The summed E-state index contributed by atoms with van der Waals surface area (Å²) in [6.07, 6.45) is 8.09. The second-order valence-corrected chi connectivity index (χ2v) is 16.8. The molecule has 5 aliphatic rings. The molecule has 0 radical (unpaired) electrons. The Bertz CT molecular complexity index is 2000. The second-order valence-electron chi connectivity index (χ2n) is 14.9. The van der Waals surface area contributed by atoms with Gasteiger partial charge in [-0.25, -0.2) is 4.72 Å². The lowest BCUT2D eigenvalue weighted by Gasteiger charge is -2.36. The fourth-order valence-corrected chi connectivity index (χ4v) is 10.1. The number of methoxy groups -OCH3 is 1. The molecule has 4 fully saturated rings. The Balaban J connectivity index is 1.32. The standard InChI is InChI=1S/C37H45N5O6S/c1-22(43)41-16-8-11-25-20-40(21-32(25)41)36(45)37-19-30(37)29-18-26(48-4)13-15-27(29)34-33(23-9-6-5-7-10-23)28-14-12-24(17-31(28)42(34)37)35(44)38-49(46,47)39(2)3/h12-15,17-18,23,25,30,32H,5-11,16,19-21H2,1-4H3,(H,38,44).